The second kappa shape index (κ2) is 9.26. The Morgan fingerprint density at radius 2 is 1.79 bits per heavy atom. The fraction of sp³-hybridized carbons (Fsp3) is 0.0909. The third kappa shape index (κ3) is 4.72. The fourth-order valence-electron chi connectivity index (χ4n) is 3.46. The molecule has 3 aromatic carbocycles. The third-order valence-electron chi connectivity index (χ3n) is 5.08. The van der Waals surface area contributed by atoms with Crippen molar-refractivity contribution in [3.8, 4) is 0 Å². The standard InChI is InChI=1S/C22H17ClN4O4S2/c23-18-10-5-15(13-19(18)26-29)21(28)25-22(32)24-16-6-8-17(9-7-16)33(30,31)27-12-11-14-3-1-2-4-20(14)27/h1-10,13H,11-12H2,(H2,24,25,28,32). The van der Waals surface area contributed by atoms with Gasteiger partial charge in [-0.3, -0.25) is 14.4 Å². The van der Waals surface area contributed by atoms with Gasteiger partial charge in [-0.05, 0) is 77.9 Å². The number of hydrogen-bond acceptors (Lipinski definition) is 6. The number of nitrogens with zero attached hydrogens (tertiary/aromatic N) is 2. The molecule has 0 aliphatic carbocycles. The number of halogens is 1. The Balaban J connectivity index is 1.43. The number of rotatable bonds is 5. The van der Waals surface area contributed by atoms with Crippen LogP contribution in [-0.2, 0) is 16.4 Å². The molecule has 0 unspecified atom stereocenters. The van der Waals surface area contributed by atoms with E-state index in [0.29, 0.717) is 24.3 Å². The summed E-state index contributed by atoms with van der Waals surface area (Å²) in [6.07, 6.45) is 0.668. The molecule has 0 radical (unpaired) electrons. The van der Waals surface area contributed by atoms with Gasteiger partial charge < -0.3 is 5.32 Å². The molecule has 0 atom stereocenters. The van der Waals surface area contributed by atoms with Crippen LogP contribution < -0.4 is 14.9 Å². The minimum Gasteiger partial charge on any atom is -0.332 e. The molecule has 0 spiro atoms. The van der Waals surface area contributed by atoms with Crippen LogP contribution in [0.5, 0.6) is 0 Å². The van der Waals surface area contributed by atoms with E-state index >= 15 is 0 Å². The molecule has 0 bridgehead atoms. The highest BCUT2D eigenvalue weighted by Crippen LogP contribution is 2.33. The number of benzene rings is 3. The number of para-hydroxylation sites is 1. The van der Waals surface area contributed by atoms with Crippen molar-refractivity contribution in [1.29, 1.82) is 0 Å². The zero-order chi connectivity index (χ0) is 23.6. The quantitative estimate of drug-likeness (QED) is 0.391. The lowest BCUT2D eigenvalue weighted by atomic mass is 10.2. The summed E-state index contributed by atoms with van der Waals surface area (Å²) in [7, 11) is -3.70. The molecule has 168 valence electrons. The normalized spacial score (nSPS) is 12.7. The number of thiocarbonyl (C=S) groups is 1. The molecule has 8 nitrogen and oxygen atoms in total. The molecule has 0 fully saturated rings. The molecule has 0 saturated heterocycles. The van der Waals surface area contributed by atoms with E-state index in [9.17, 15) is 18.1 Å². The number of carbonyl (C=O) groups excluding carboxylic acids is 1. The van der Waals surface area contributed by atoms with Crippen LogP contribution >= 0.6 is 23.8 Å². The summed E-state index contributed by atoms with van der Waals surface area (Å²) in [5, 5.41) is 8.21. The highest BCUT2D eigenvalue weighted by atomic mass is 35.5. The minimum absolute atomic E-state index is 0.000334. The maximum atomic E-state index is 13.1. The Morgan fingerprint density at radius 3 is 2.52 bits per heavy atom. The van der Waals surface area contributed by atoms with E-state index in [2.05, 4.69) is 15.8 Å². The molecule has 0 saturated carbocycles. The topological polar surface area (TPSA) is 108 Å². The minimum atomic E-state index is -3.70. The van der Waals surface area contributed by atoms with E-state index < -0.39 is 15.9 Å². The van der Waals surface area contributed by atoms with Crippen LogP contribution in [0.25, 0.3) is 0 Å². The summed E-state index contributed by atoms with van der Waals surface area (Å²) in [4.78, 5) is 23.3. The molecule has 1 aliphatic heterocycles. The van der Waals surface area contributed by atoms with Gasteiger partial charge in [0, 0.05) is 17.8 Å². The van der Waals surface area contributed by atoms with E-state index in [-0.39, 0.29) is 26.3 Å². The number of fused-ring (bicyclic) bond motifs is 1. The van der Waals surface area contributed by atoms with E-state index in [1.54, 1.807) is 18.2 Å². The van der Waals surface area contributed by atoms with Gasteiger partial charge in [-0.25, -0.2) is 8.42 Å². The van der Waals surface area contributed by atoms with E-state index in [1.807, 2.05) is 18.2 Å². The number of anilines is 2. The molecule has 0 aromatic heterocycles. The lowest BCUT2D eigenvalue weighted by Crippen LogP contribution is -2.34. The van der Waals surface area contributed by atoms with Crippen molar-refractivity contribution in [2.24, 2.45) is 5.18 Å². The van der Waals surface area contributed by atoms with E-state index in [4.69, 9.17) is 23.8 Å². The van der Waals surface area contributed by atoms with Gasteiger partial charge >= 0.3 is 0 Å². The summed E-state index contributed by atoms with van der Waals surface area (Å²) >= 11 is 11.0. The summed E-state index contributed by atoms with van der Waals surface area (Å²) < 4.78 is 27.6. The number of carbonyl (C=O) groups is 1. The molecule has 1 aliphatic rings. The van der Waals surface area contributed by atoms with Gasteiger partial charge in [0.1, 0.15) is 5.69 Å². The van der Waals surface area contributed by atoms with Gasteiger partial charge in [0.25, 0.3) is 15.9 Å². The Bertz CT molecular complexity index is 1360. The molecule has 1 heterocycles. The van der Waals surface area contributed by atoms with Crippen LogP contribution in [-0.4, -0.2) is 26.0 Å². The summed E-state index contributed by atoms with van der Waals surface area (Å²) in [6, 6.07) is 17.6. The molecule has 11 heteroatoms. The third-order valence-corrected chi connectivity index (χ3v) is 7.43. The second-order valence-electron chi connectivity index (χ2n) is 7.15. The summed E-state index contributed by atoms with van der Waals surface area (Å²) in [6.45, 7) is 0.393. The highest BCUT2D eigenvalue weighted by molar-refractivity contribution is 7.92. The fourth-order valence-corrected chi connectivity index (χ4v) is 5.32. The van der Waals surface area contributed by atoms with Crippen LogP contribution in [0.3, 0.4) is 0 Å². The average Bonchev–Trinajstić information content (AvgIpc) is 3.24. The number of sulfonamides is 1. The Kier molecular flexibility index (Phi) is 6.41. The smallest absolute Gasteiger partial charge is 0.264 e. The van der Waals surface area contributed by atoms with Crippen LogP contribution in [0.4, 0.5) is 17.1 Å². The van der Waals surface area contributed by atoms with Crippen LogP contribution in [0.1, 0.15) is 15.9 Å². The maximum absolute atomic E-state index is 13.1. The first-order valence-electron chi connectivity index (χ1n) is 9.75. The summed E-state index contributed by atoms with van der Waals surface area (Å²) in [5.41, 5.74) is 2.29. The van der Waals surface area contributed by atoms with Gasteiger partial charge in [-0.1, -0.05) is 29.8 Å². The lowest BCUT2D eigenvalue weighted by molar-refractivity contribution is 0.0977. The van der Waals surface area contributed by atoms with Crippen molar-refractivity contribution >= 4 is 61.9 Å². The highest BCUT2D eigenvalue weighted by Gasteiger charge is 2.30. The SMILES string of the molecule is O=Nc1cc(C(=O)NC(=S)Nc2ccc(S(=O)(=O)N3CCc4ccccc43)cc2)ccc1Cl. The maximum Gasteiger partial charge on any atom is 0.264 e. The van der Waals surface area contributed by atoms with E-state index in [0.717, 1.165) is 5.56 Å². The predicted molar refractivity (Wildman–Crippen MR) is 132 cm³/mol. The molecule has 33 heavy (non-hydrogen) atoms. The van der Waals surface area contributed by atoms with Crippen molar-refractivity contribution in [1.82, 2.24) is 5.32 Å². The summed E-state index contributed by atoms with van der Waals surface area (Å²) in [5.74, 6) is -0.555. The Labute approximate surface area is 200 Å². The van der Waals surface area contributed by atoms with Crippen molar-refractivity contribution < 1.29 is 13.2 Å². The van der Waals surface area contributed by atoms with Crippen molar-refractivity contribution in [2.75, 3.05) is 16.2 Å². The molecule has 3 aromatic rings. The van der Waals surface area contributed by atoms with Crippen molar-refractivity contribution in [3.05, 3.63) is 87.8 Å². The molecular formula is C22H17ClN4O4S2. The Hall–Kier alpha value is -3.34. The Morgan fingerprint density at radius 1 is 1.06 bits per heavy atom. The van der Waals surface area contributed by atoms with Crippen LogP contribution in [0, 0.1) is 4.91 Å². The predicted octanol–water partition coefficient (Wildman–Crippen LogP) is 4.62. The van der Waals surface area contributed by atoms with Gasteiger partial charge in [-0.15, -0.1) is 4.91 Å². The molecule has 4 rings (SSSR count). The van der Waals surface area contributed by atoms with E-state index in [1.165, 1.54) is 34.6 Å². The zero-order valence-electron chi connectivity index (χ0n) is 17.0. The molecule has 2 N–H and O–H groups in total. The van der Waals surface area contributed by atoms with Gasteiger partial charge in [-0.2, -0.15) is 0 Å². The second-order valence-corrected chi connectivity index (χ2v) is 9.82. The van der Waals surface area contributed by atoms with Crippen molar-refractivity contribution in [2.45, 2.75) is 11.3 Å². The monoisotopic (exact) mass is 500 g/mol. The van der Waals surface area contributed by atoms with Gasteiger partial charge in [0.2, 0.25) is 0 Å². The van der Waals surface area contributed by atoms with Crippen LogP contribution in [0.15, 0.2) is 76.8 Å². The van der Waals surface area contributed by atoms with Gasteiger partial charge in [0.15, 0.2) is 5.11 Å². The van der Waals surface area contributed by atoms with Crippen LogP contribution in [0.2, 0.25) is 5.02 Å². The first kappa shape index (κ1) is 22.8. The number of nitrogens with one attached hydrogen (secondary N) is 2. The molecule has 1 amide bonds. The largest absolute Gasteiger partial charge is 0.332 e. The first-order chi connectivity index (χ1) is 15.8. The number of nitroso groups, excluding NO2 is 1. The lowest BCUT2D eigenvalue weighted by Gasteiger charge is -2.19. The van der Waals surface area contributed by atoms with Gasteiger partial charge in [0.05, 0.1) is 15.6 Å². The average molecular weight is 501 g/mol. The zero-order valence-corrected chi connectivity index (χ0v) is 19.4. The van der Waals surface area contributed by atoms with Crippen molar-refractivity contribution in [3.63, 3.8) is 0 Å². The number of amides is 1. The molecular weight excluding hydrogens is 484 g/mol. The first-order valence-corrected chi connectivity index (χ1v) is 12.0. The number of hydrogen-bond donors (Lipinski definition) is 2.